The lowest BCUT2D eigenvalue weighted by atomic mass is 9.98. The minimum atomic E-state index is 0. The van der Waals surface area contributed by atoms with Crippen molar-refractivity contribution in [2.45, 2.75) is 50.4 Å². The first-order valence-corrected chi connectivity index (χ1v) is 6.71. The lowest BCUT2D eigenvalue weighted by molar-refractivity contribution is -0.133. The number of amides is 1. The second-order valence-corrected chi connectivity index (χ2v) is 5.47. The van der Waals surface area contributed by atoms with Crippen LogP contribution < -0.4 is 5.32 Å². The van der Waals surface area contributed by atoms with Crippen LogP contribution in [0.25, 0.3) is 0 Å². The van der Waals surface area contributed by atoms with Crippen molar-refractivity contribution in [2.24, 2.45) is 0 Å². The number of rotatable bonds is 3. The predicted octanol–water partition coefficient (Wildman–Crippen LogP) is 1.47. The van der Waals surface area contributed by atoms with E-state index in [2.05, 4.69) is 10.4 Å². The number of piperidine rings is 1. The van der Waals surface area contributed by atoms with Crippen molar-refractivity contribution in [2.75, 3.05) is 7.05 Å². The molecule has 2 unspecified atom stereocenters. The Hall–Kier alpha value is -0.780. The Bertz CT molecular complexity index is 414. The molecule has 2 atom stereocenters. The van der Waals surface area contributed by atoms with Gasteiger partial charge in [0.2, 0.25) is 5.91 Å². The Kier molecular flexibility index (Phi) is 6.30. The molecular weight excluding hydrogens is 299 g/mol. The summed E-state index contributed by atoms with van der Waals surface area (Å²) in [6.07, 6.45) is 8.26. The van der Waals surface area contributed by atoms with Crippen molar-refractivity contribution in [3.63, 3.8) is 0 Å². The molecule has 0 saturated carbocycles. The molecule has 3 heterocycles. The van der Waals surface area contributed by atoms with Crippen LogP contribution in [-0.2, 0) is 11.3 Å². The van der Waals surface area contributed by atoms with Crippen LogP contribution in [-0.4, -0.2) is 45.8 Å². The van der Waals surface area contributed by atoms with Gasteiger partial charge in [-0.3, -0.25) is 9.48 Å². The molecule has 1 aromatic rings. The summed E-state index contributed by atoms with van der Waals surface area (Å²) in [6.45, 7) is 0.350. The van der Waals surface area contributed by atoms with E-state index in [9.17, 15) is 4.79 Å². The third-order valence-corrected chi connectivity index (χ3v) is 4.25. The molecule has 0 radical (unpaired) electrons. The number of nitrogens with zero attached hydrogens (tertiary/aromatic N) is 3. The van der Waals surface area contributed by atoms with Gasteiger partial charge in [-0.25, -0.2) is 0 Å². The van der Waals surface area contributed by atoms with Crippen LogP contribution in [0.3, 0.4) is 0 Å². The van der Waals surface area contributed by atoms with Crippen molar-refractivity contribution in [3.8, 4) is 0 Å². The van der Waals surface area contributed by atoms with Gasteiger partial charge < -0.3 is 10.2 Å². The fourth-order valence-electron chi connectivity index (χ4n) is 3.19. The van der Waals surface area contributed by atoms with E-state index in [4.69, 9.17) is 0 Å². The van der Waals surface area contributed by atoms with Gasteiger partial charge >= 0.3 is 0 Å². The van der Waals surface area contributed by atoms with E-state index in [1.807, 2.05) is 24.2 Å². The van der Waals surface area contributed by atoms with Gasteiger partial charge in [0.25, 0.3) is 0 Å². The zero-order valence-electron chi connectivity index (χ0n) is 11.6. The number of likely N-dealkylation sites (N-methyl/N-ethyl adjacent to an activating group) is 1. The van der Waals surface area contributed by atoms with Crippen molar-refractivity contribution >= 4 is 30.7 Å². The van der Waals surface area contributed by atoms with Crippen LogP contribution in [0.2, 0.25) is 0 Å². The highest BCUT2D eigenvalue weighted by Gasteiger charge is 2.36. The highest BCUT2D eigenvalue weighted by molar-refractivity contribution is 5.85. The monoisotopic (exact) mass is 320 g/mol. The largest absolute Gasteiger partial charge is 0.341 e. The first kappa shape index (κ1) is 17.3. The smallest absolute Gasteiger partial charge is 0.244 e. The molecule has 2 saturated heterocycles. The predicted molar refractivity (Wildman–Crippen MR) is 82.5 cm³/mol. The van der Waals surface area contributed by atoms with E-state index in [1.165, 1.54) is 12.8 Å². The molecule has 114 valence electrons. The molecule has 20 heavy (non-hydrogen) atoms. The number of carbonyl (C=O) groups excluding carboxylic acids is 1. The Morgan fingerprint density at radius 1 is 1.35 bits per heavy atom. The topological polar surface area (TPSA) is 50.2 Å². The average molecular weight is 321 g/mol. The van der Waals surface area contributed by atoms with Crippen LogP contribution in [0.5, 0.6) is 0 Å². The summed E-state index contributed by atoms with van der Waals surface area (Å²) in [5.41, 5.74) is 0. The Balaban J connectivity index is 0.000001000. The molecule has 7 heteroatoms. The number of fused-ring (bicyclic) bond motifs is 2. The number of hydrogen-bond donors (Lipinski definition) is 1. The molecule has 0 aliphatic carbocycles. The summed E-state index contributed by atoms with van der Waals surface area (Å²) < 4.78 is 1.69. The van der Waals surface area contributed by atoms with Gasteiger partial charge in [0, 0.05) is 37.6 Å². The highest BCUT2D eigenvalue weighted by Crippen LogP contribution is 2.29. The fraction of sp³-hybridized carbons (Fsp3) is 0.692. The van der Waals surface area contributed by atoms with Crippen LogP contribution >= 0.6 is 24.8 Å². The van der Waals surface area contributed by atoms with Crippen LogP contribution in [0, 0.1) is 0 Å². The standard InChI is InChI=1S/C13H20N4O.2ClH/c1-16(13(18)9-17-6-2-5-14-17)12-7-10-3-4-11(8-12)15-10;;/h2,5-6,10-12,15H,3-4,7-9H2,1H3;2*1H. The summed E-state index contributed by atoms with van der Waals surface area (Å²) in [4.78, 5) is 14.1. The number of nitrogens with one attached hydrogen (secondary N) is 1. The third kappa shape index (κ3) is 3.65. The van der Waals surface area contributed by atoms with E-state index in [0.717, 1.165) is 12.8 Å². The van der Waals surface area contributed by atoms with Gasteiger partial charge in [-0.15, -0.1) is 24.8 Å². The number of carbonyl (C=O) groups is 1. The summed E-state index contributed by atoms with van der Waals surface area (Å²) >= 11 is 0. The third-order valence-electron chi connectivity index (χ3n) is 4.25. The fourth-order valence-corrected chi connectivity index (χ4v) is 3.19. The van der Waals surface area contributed by atoms with Crippen molar-refractivity contribution in [1.82, 2.24) is 20.0 Å². The lowest BCUT2D eigenvalue weighted by Crippen LogP contribution is -2.49. The van der Waals surface area contributed by atoms with Crippen molar-refractivity contribution in [1.29, 1.82) is 0 Å². The minimum absolute atomic E-state index is 0. The summed E-state index contributed by atoms with van der Waals surface area (Å²) in [6, 6.07) is 3.48. The van der Waals surface area contributed by atoms with Gasteiger partial charge in [0.05, 0.1) is 0 Å². The maximum Gasteiger partial charge on any atom is 0.244 e. The van der Waals surface area contributed by atoms with Gasteiger partial charge in [-0.1, -0.05) is 0 Å². The second-order valence-electron chi connectivity index (χ2n) is 5.47. The van der Waals surface area contributed by atoms with E-state index in [0.29, 0.717) is 24.7 Å². The first-order valence-electron chi connectivity index (χ1n) is 6.71. The van der Waals surface area contributed by atoms with Gasteiger partial charge in [0.15, 0.2) is 0 Å². The molecule has 3 rings (SSSR count). The van der Waals surface area contributed by atoms with E-state index in [-0.39, 0.29) is 30.7 Å². The maximum atomic E-state index is 12.2. The maximum absolute atomic E-state index is 12.2. The second kappa shape index (κ2) is 7.29. The van der Waals surface area contributed by atoms with Gasteiger partial charge in [-0.2, -0.15) is 5.10 Å². The summed E-state index contributed by atoms with van der Waals surface area (Å²) in [5, 5.41) is 7.69. The normalized spacial score (nSPS) is 27.4. The Labute approximate surface area is 131 Å². The Morgan fingerprint density at radius 3 is 2.55 bits per heavy atom. The molecule has 1 amide bonds. The molecule has 5 nitrogen and oxygen atoms in total. The quantitative estimate of drug-likeness (QED) is 0.917. The van der Waals surface area contributed by atoms with Crippen LogP contribution in [0.1, 0.15) is 25.7 Å². The van der Waals surface area contributed by atoms with E-state index >= 15 is 0 Å². The van der Waals surface area contributed by atoms with Crippen LogP contribution in [0.15, 0.2) is 18.5 Å². The molecule has 0 aromatic carbocycles. The zero-order chi connectivity index (χ0) is 12.5. The molecule has 1 N–H and O–H groups in total. The molecule has 1 aromatic heterocycles. The lowest BCUT2D eigenvalue weighted by Gasteiger charge is -2.35. The molecule has 2 fully saturated rings. The molecule has 0 spiro atoms. The molecular formula is C13H22Cl2N4O. The minimum Gasteiger partial charge on any atom is -0.341 e. The molecule has 2 aliphatic rings. The highest BCUT2D eigenvalue weighted by atomic mass is 35.5. The number of aromatic nitrogens is 2. The van der Waals surface area contributed by atoms with Crippen molar-refractivity contribution < 1.29 is 4.79 Å². The first-order chi connectivity index (χ1) is 8.72. The summed E-state index contributed by atoms with van der Waals surface area (Å²) in [7, 11) is 1.93. The number of hydrogen-bond acceptors (Lipinski definition) is 3. The summed E-state index contributed by atoms with van der Waals surface area (Å²) in [5.74, 6) is 0.157. The average Bonchev–Trinajstić information content (AvgIpc) is 2.98. The van der Waals surface area contributed by atoms with Crippen LogP contribution in [0.4, 0.5) is 0 Å². The van der Waals surface area contributed by atoms with E-state index in [1.54, 1.807) is 10.9 Å². The number of halogens is 2. The SMILES string of the molecule is CN(C(=O)Cn1cccn1)C1CC2CCC(C1)N2.Cl.Cl. The molecule has 2 aliphatic heterocycles. The van der Waals surface area contributed by atoms with Crippen molar-refractivity contribution in [3.05, 3.63) is 18.5 Å². The van der Waals surface area contributed by atoms with E-state index < -0.39 is 0 Å². The Morgan fingerprint density at radius 2 is 2.00 bits per heavy atom. The zero-order valence-corrected chi connectivity index (χ0v) is 13.2. The van der Waals surface area contributed by atoms with Gasteiger partial charge in [0.1, 0.15) is 6.54 Å². The molecule has 2 bridgehead atoms. The van der Waals surface area contributed by atoms with Gasteiger partial charge in [-0.05, 0) is 31.7 Å².